The zero-order valence-electron chi connectivity index (χ0n) is 10.7. The van der Waals surface area contributed by atoms with Gasteiger partial charge in [-0.1, -0.05) is 31.9 Å². The Bertz CT molecular complexity index is 742. The lowest BCUT2D eigenvalue weighted by atomic mass is 10.0. The first-order valence-corrected chi connectivity index (χ1v) is 7.32. The molecule has 0 radical (unpaired) electrons. The van der Waals surface area contributed by atoms with E-state index in [1.807, 2.05) is 0 Å². The van der Waals surface area contributed by atoms with Crippen LogP contribution in [0.2, 0.25) is 0 Å². The molecule has 0 spiro atoms. The van der Waals surface area contributed by atoms with Gasteiger partial charge in [0.05, 0.1) is 9.85 Å². The molecule has 0 saturated heterocycles. The average molecular weight is 430 g/mol. The van der Waals surface area contributed by atoms with Crippen LogP contribution in [0.15, 0.2) is 45.3 Å². The second-order valence-corrected chi connectivity index (χ2v) is 6.00. The van der Waals surface area contributed by atoms with Crippen molar-refractivity contribution < 1.29 is 14.6 Å². The highest BCUT2D eigenvalue weighted by Crippen LogP contribution is 2.30. The largest absolute Gasteiger partial charge is 0.288 e. The van der Waals surface area contributed by atoms with Crippen LogP contribution < -0.4 is 0 Å². The number of hydrogen-bond donors (Lipinski definition) is 0. The molecule has 0 aliphatic carbocycles. The zero-order chi connectivity index (χ0) is 16.4. The lowest BCUT2D eigenvalue weighted by Crippen LogP contribution is -2.08. The fourth-order valence-electron chi connectivity index (χ4n) is 1.84. The van der Waals surface area contributed by atoms with Crippen molar-refractivity contribution in [3.8, 4) is 0 Å². The molecule has 0 saturated carbocycles. The first-order valence-electron chi connectivity index (χ1n) is 5.74. The number of ketones is 1. The average Bonchev–Trinajstić information content (AvgIpc) is 2.46. The van der Waals surface area contributed by atoms with Crippen molar-refractivity contribution in [1.82, 2.24) is 0 Å². The summed E-state index contributed by atoms with van der Waals surface area (Å²) in [5.41, 5.74) is -1.26. The second-order valence-electron chi connectivity index (χ2n) is 4.17. The predicted molar refractivity (Wildman–Crippen MR) is 85.0 cm³/mol. The minimum atomic E-state index is -0.779. The van der Waals surface area contributed by atoms with Gasteiger partial charge in [-0.3, -0.25) is 25.0 Å². The molecule has 2 aromatic carbocycles. The van der Waals surface area contributed by atoms with Gasteiger partial charge in [-0.25, -0.2) is 0 Å². The Morgan fingerprint density at radius 2 is 1.18 bits per heavy atom. The number of nitrogens with zero attached hydrogens (tertiary/aromatic N) is 2. The maximum absolute atomic E-state index is 12.5. The summed E-state index contributed by atoms with van der Waals surface area (Å²) >= 11 is 6.17. The molecule has 9 heteroatoms. The van der Waals surface area contributed by atoms with E-state index in [2.05, 4.69) is 31.9 Å². The van der Waals surface area contributed by atoms with Crippen LogP contribution in [0.4, 0.5) is 11.4 Å². The van der Waals surface area contributed by atoms with E-state index >= 15 is 0 Å². The van der Waals surface area contributed by atoms with Gasteiger partial charge in [-0.05, 0) is 24.3 Å². The van der Waals surface area contributed by atoms with Crippen LogP contribution >= 0.6 is 31.9 Å². The summed E-state index contributed by atoms with van der Waals surface area (Å²) < 4.78 is 0.863. The predicted octanol–water partition coefficient (Wildman–Crippen LogP) is 4.26. The van der Waals surface area contributed by atoms with Crippen molar-refractivity contribution >= 4 is 49.0 Å². The fourth-order valence-corrected chi connectivity index (χ4v) is 2.54. The molecule has 2 rings (SSSR count). The second kappa shape index (κ2) is 6.32. The molecule has 22 heavy (non-hydrogen) atoms. The van der Waals surface area contributed by atoms with Crippen LogP contribution in [0.1, 0.15) is 15.9 Å². The van der Waals surface area contributed by atoms with E-state index in [0.717, 1.165) is 0 Å². The third-order valence-corrected chi connectivity index (χ3v) is 3.79. The lowest BCUT2D eigenvalue weighted by Gasteiger charge is -2.05. The molecule has 112 valence electrons. The third kappa shape index (κ3) is 3.20. The lowest BCUT2D eigenvalue weighted by molar-refractivity contribution is -0.385. The maximum atomic E-state index is 12.5. The van der Waals surface area contributed by atoms with Crippen LogP contribution in [0, 0.1) is 20.2 Å². The van der Waals surface area contributed by atoms with Crippen molar-refractivity contribution in [2.24, 2.45) is 0 Å². The molecule has 0 fully saturated rings. The number of nitro groups is 2. The molecule has 0 unspecified atom stereocenters. The Hall–Kier alpha value is -2.13. The van der Waals surface area contributed by atoms with Gasteiger partial charge in [0.15, 0.2) is 0 Å². The maximum Gasteiger partial charge on any atom is 0.281 e. The van der Waals surface area contributed by atoms with Gasteiger partial charge in [0, 0.05) is 21.1 Å². The standard InChI is InChI=1S/C13H6Br2N2O5/c14-7-1-3-9(11(5-7)16(19)20)13(18)10-4-2-8(15)6-12(10)17(21)22/h1-6H. The molecule has 0 heterocycles. The number of carbonyl (C=O) groups is 1. The molecule has 7 nitrogen and oxygen atoms in total. The number of hydrogen-bond acceptors (Lipinski definition) is 5. The van der Waals surface area contributed by atoms with Crippen molar-refractivity contribution in [3.63, 3.8) is 0 Å². The number of rotatable bonds is 4. The Morgan fingerprint density at radius 1 is 0.818 bits per heavy atom. The van der Waals surface area contributed by atoms with E-state index in [-0.39, 0.29) is 11.1 Å². The molecule has 0 N–H and O–H groups in total. The molecule has 0 aliphatic rings. The van der Waals surface area contributed by atoms with E-state index < -0.39 is 27.0 Å². The van der Waals surface area contributed by atoms with Gasteiger partial charge in [-0.2, -0.15) is 0 Å². The summed E-state index contributed by atoms with van der Waals surface area (Å²) in [6.07, 6.45) is 0. The van der Waals surface area contributed by atoms with Crippen molar-refractivity contribution in [3.05, 3.63) is 76.7 Å². The van der Waals surface area contributed by atoms with Crippen LogP contribution in [0.25, 0.3) is 0 Å². The number of carbonyl (C=O) groups excluding carboxylic acids is 1. The van der Waals surface area contributed by atoms with Crippen LogP contribution in [0.3, 0.4) is 0 Å². The van der Waals surface area contributed by atoms with Crippen LogP contribution in [-0.2, 0) is 0 Å². The zero-order valence-corrected chi connectivity index (χ0v) is 13.8. The fraction of sp³-hybridized carbons (Fsp3) is 0. The van der Waals surface area contributed by atoms with Crippen molar-refractivity contribution in [2.75, 3.05) is 0 Å². The van der Waals surface area contributed by atoms with Crippen molar-refractivity contribution in [1.29, 1.82) is 0 Å². The van der Waals surface area contributed by atoms with Crippen LogP contribution in [0.5, 0.6) is 0 Å². The first-order chi connectivity index (χ1) is 10.3. The van der Waals surface area contributed by atoms with Crippen molar-refractivity contribution in [2.45, 2.75) is 0 Å². The van der Waals surface area contributed by atoms with E-state index in [1.165, 1.54) is 36.4 Å². The SMILES string of the molecule is O=C(c1ccc(Br)cc1[N+](=O)[O-])c1ccc(Br)cc1[N+](=O)[O-]. The highest BCUT2D eigenvalue weighted by atomic mass is 79.9. The van der Waals surface area contributed by atoms with Gasteiger partial charge >= 0.3 is 0 Å². The highest BCUT2D eigenvalue weighted by Gasteiger charge is 2.27. The Morgan fingerprint density at radius 3 is 1.50 bits per heavy atom. The van der Waals surface area contributed by atoms with Gasteiger partial charge in [0.25, 0.3) is 11.4 Å². The first kappa shape index (κ1) is 16.2. The normalized spacial score (nSPS) is 10.3. The molecule has 0 aromatic heterocycles. The Labute approximate surface area is 140 Å². The van der Waals surface area contributed by atoms with Gasteiger partial charge in [-0.15, -0.1) is 0 Å². The molecule has 0 amide bonds. The topological polar surface area (TPSA) is 103 Å². The number of halogens is 2. The van der Waals surface area contributed by atoms with E-state index in [4.69, 9.17) is 0 Å². The molecule has 0 atom stereocenters. The summed E-state index contributed by atoms with van der Waals surface area (Å²) in [6, 6.07) is 7.80. The summed E-state index contributed by atoms with van der Waals surface area (Å²) in [6.45, 7) is 0. The summed E-state index contributed by atoms with van der Waals surface area (Å²) in [7, 11) is 0. The summed E-state index contributed by atoms with van der Waals surface area (Å²) in [5, 5.41) is 22.1. The minimum Gasteiger partial charge on any atom is -0.288 e. The highest BCUT2D eigenvalue weighted by molar-refractivity contribution is 9.10. The van der Waals surface area contributed by atoms with Gasteiger partial charge < -0.3 is 0 Å². The van der Waals surface area contributed by atoms with Crippen LogP contribution in [-0.4, -0.2) is 15.6 Å². The number of benzene rings is 2. The smallest absolute Gasteiger partial charge is 0.281 e. The molecule has 0 bridgehead atoms. The van der Waals surface area contributed by atoms with E-state index in [1.54, 1.807) is 0 Å². The molecular weight excluding hydrogens is 424 g/mol. The van der Waals surface area contributed by atoms with Gasteiger partial charge in [0.2, 0.25) is 5.78 Å². The minimum absolute atomic E-state index is 0.210. The van der Waals surface area contributed by atoms with E-state index in [9.17, 15) is 25.0 Å². The monoisotopic (exact) mass is 428 g/mol. The summed E-state index contributed by atoms with van der Waals surface area (Å²) in [4.78, 5) is 33.2. The number of nitro benzene ring substituents is 2. The molecular formula is C13H6Br2N2O5. The Balaban J connectivity index is 2.63. The quantitative estimate of drug-likeness (QED) is 0.410. The Kier molecular flexibility index (Phi) is 4.67. The van der Waals surface area contributed by atoms with E-state index in [0.29, 0.717) is 8.95 Å². The summed E-state index contributed by atoms with van der Waals surface area (Å²) in [5.74, 6) is -0.779. The van der Waals surface area contributed by atoms with Gasteiger partial charge in [0.1, 0.15) is 11.1 Å². The molecule has 2 aromatic rings. The third-order valence-electron chi connectivity index (χ3n) is 2.80. The molecule has 0 aliphatic heterocycles.